The molecule has 0 heterocycles. The van der Waals surface area contributed by atoms with Crippen molar-refractivity contribution in [1.29, 1.82) is 0 Å². The fraction of sp³-hybridized carbons (Fsp3) is 0.625. The van der Waals surface area contributed by atoms with Gasteiger partial charge >= 0.3 is 0 Å². The Bertz CT molecular complexity index is 358. The Morgan fingerprint density at radius 3 is 2.50 bits per heavy atom. The Balaban J connectivity index is 2.45. The second-order valence-electron chi connectivity index (χ2n) is 5.71. The second kappa shape index (κ2) is 6.79. The van der Waals surface area contributed by atoms with Crippen molar-refractivity contribution in [3.63, 3.8) is 0 Å². The van der Waals surface area contributed by atoms with Crippen LogP contribution in [0.2, 0.25) is 0 Å². The van der Waals surface area contributed by atoms with Gasteiger partial charge in [0.05, 0.1) is 0 Å². The molecule has 1 aromatic carbocycles. The highest BCUT2D eigenvalue weighted by Crippen LogP contribution is 2.25. The number of rotatable bonds is 7. The Morgan fingerprint density at radius 2 is 1.89 bits per heavy atom. The molecule has 0 bridgehead atoms. The van der Waals surface area contributed by atoms with Crippen molar-refractivity contribution in [1.82, 2.24) is 5.32 Å². The van der Waals surface area contributed by atoms with Gasteiger partial charge in [-0.2, -0.15) is 0 Å². The van der Waals surface area contributed by atoms with Crippen LogP contribution >= 0.6 is 0 Å². The maximum absolute atomic E-state index is 5.88. The van der Waals surface area contributed by atoms with Crippen molar-refractivity contribution in [3.8, 4) is 5.75 Å². The predicted octanol–water partition coefficient (Wildman–Crippen LogP) is 3.97. The van der Waals surface area contributed by atoms with E-state index in [1.165, 1.54) is 5.56 Å². The molecule has 0 unspecified atom stereocenters. The summed E-state index contributed by atoms with van der Waals surface area (Å²) in [5.41, 5.74) is 1.48. The lowest BCUT2D eigenvalue weighted by molar-refractivity contribution is 0.278. The molecular formula is C16H27NO. The van der Waals surface area contributed by atoms with Crippen molar-refractivity contribution in [3.05, 3.63) is 29.8 Å². The normalized spacial score (nSPS) is 11.9. The quantitative estimate of drug-likeness (QED) is 0.738. The minimum atomic E-state index is 0.195. The molecule has 2 heteroatoms. The van der Waals surface area contributed by atoms with Gasteiger partial charge in [-0.3, -0.25) is 0 Å². The average Bonchev–Trinajstić information content (AvgIpc) is 2.35. The zero-order chi connectivity index (χ0) is 13.6. The van der Waals surface area contributed by atoms with Crippen LogP contribution in [0.5, 0.6) is 5.75 Å². The third-order valence-corrected chi connectivity index (χ3v) is 3.39. The van der Waals surface area contributed by atoms with Gasteiger partial charge in [-0.1, -0.05) is 39.0 Å². The highest BCUT2D eigenvalue weighted by molar-refractivity contribution is 5.35. The van der Waals surface area contributed by atoms with E-state index in [2.05, 4.69) is 58.1 Å². The van der Waals surface area contributed by atoms with Crippen LogP contribution in [0.1, 0.15) is 52.5 Å². The van der Waals surface area contributed by atoms with Crippen LogP contribution in [0.4, 0.5) is 0 Å². The molecule has 0 aromatic heterocycles. The van der Waals surface area contributed by atoms with Gasteiger partial charge in [0.2, 0.25) is 0 Å². The largest absolute Gasteiger partial charge is 0.492 e. The van der Waals surface area contributed by atoms with Crippen LogP contribution in [-0.2, 0) is 0 Å². The highest BCUT2D eigenvalue weighted by Gasteiger charge is 2.13. The van der Waals surface area contributed by atoms with Crippen molar-refractivity contribution < 1.29 is 4.74 Å². The molecule has 1 rings (SSSR count). The van der Waals surface area contributed by atoms with E-state index in [0.717, 1.165) is 18.7 Å². The summed E-state index contributed by atoms with van der Waals surface area (Å²) in [5, 5.41) is 3.50. The molecule has 0 aliphatic carbocycles. The molecule has 1 N–H and O–H groups in total. The molecule has 0 radical (unpaired) electrons. The molecule has 0 amide bonds. The molecule has 0 aliphatic heterocycles. The molecule has 18 heavy (non-hydrogen) atoms. The molecule has 102 valence electrons. The second-order valence-corrected chi connectivity index (χ2v) is 5.71. The SMILES string of the molecule is CCC(C)(C)NCCOc1ccccc1C(C)C. The van der Waals surface area contributed by atoms with Gasteiger partial charge in [-0.25, -0.2) is 0 Å². The molecule has 0 fully saturated rings. The first kappa shape index (κ1) is 15.0. The van der Waals surface area contributed by atoms with Crippen molar-refractivity contribution >= 4 is 0 Å². The fourth-order valence-corrected chi connectivity index (χ4v) is 1.76. The first-order chi connectivity index (χ1) is 8.46. The van der Waals surface area contributed by atoms with Gasteiger partial charge in [-0.05, 0) is 37.8 Å². The average molecular weight is 249 g/mol. The Labute approximate surface area is 112 Å². The van der Waals surface area contributed by atoms with Gasteiger partial charge in [0.25, 0.3) is 0 Å². The minimum absolute atomic E-state index is 0.195. The summed E-state index contributed by atoms with van der Waals surface area (Å²) >= 11 is 0. The van der Waals surface area contributed by atoms with E-state index < -0.39 is 0 Å². The number of hydrogen-bond donors (Lipinski definition) is 1. The van der Waals surface area contributed by atoms with Gasteiger partial charge < -0.3 is 10.1 Å². The van der Waals surface area contributed by atoms with Crippen LogP contribution in [0.25, 0.3) is 0 Å². The van der Waals surface area contributed by atoms with Crippen LogP contribution in [0.15, 0.2) is 24.3 Å². The van der Waals surface area contributed by atoms with Gasteiger partial charge in [-0.15, -0.1) is 0 Å². The molecular weight excluding hydrogens is 222 g/mol. The monoisotopic (exact) mass is 249 g/mol. The topological polar surface area (TPSA) is 21.3 Å². The Hall–Kier alpha value is -1.02. The highest BCUT2D eigenvalue weighted by atomic mass is 16.5. The van der Waals surface area contributed by atoms with E-state index >= 15 is 0 Å². The Kier molecular flexibility index (Phi) is 5.67. The summed E-state index contributed by atoms with van der Waals surface area (Å²) in [4.78, 5) is 0. The van der Waals surface area contributed by atoms with E-state index in [0.29, 0.717) is 12.5 Å². The summed E-state index contributed by atoms with van der Waals surface area (Å²) in [7, 11) is 0. The minimum Gasteiger partial charge on any atom is -0.492 e. The smallest absolute Gasteiger partial charge is 0.122 e. The summed E-state index contributed by atoms with van der Waals surface area (Å²) in [5.74, 6) is 1.52. The molecule has 0 atom stereocenters. The van der Waals surface area contributed by atoms with E-state index in [1.807, 2.05) is 6.07 Å². The van der Waals surface area contributed by atoms with E-state index in [1.54, 1.807) is 0 Å². The third kappa shape index (κ3) is 4.69. The number of hydrogen-bond acceptors (Lipinski definition) is 2. The molecule has 2 nitrogen and oxygen atoms in total. The van der Waals surface area contributed by atoms with E-state index in [4.69, 9.17) is 4.74 Å². The summed E-state index contributed by atoms with van der Waals surface area (Å²) in [6, 6.07) is 8.30. The number of para-hydroxylation sites is 1. The molecule has 1 aromatic rings. The van der Waals surface area contributed by atoms with Crippen LogP contribution < -0.4 is 10.1 Å². The maximum Gasteiger partial charge on any atom is 0.122 e. The lowest BCUT2D eigenvalue weighted by atomic mass is 10.0. The number of nitrogens with one attached hydrogen (secondary N) is 1. The first-order valence-corrected chi connectivity index (χ1v) is 6.93. The molecule has 0 aliphatic rings. The third-order valence-electron chi connectivity index (χ3n) is 3.39. The summed E-state index contributed by atoms with van der Waals surface area (Å²) in [6.07, 6.45) is 1.12. The lowest BCUT2D eigenvalue weighted by Gasteiger charge is -2.24. The van der Waals surface area contributed by atoms with Gasteiger partial charge in [0.15, 0.2) is 0 Å². The summed E-state index contributed by atoms with van der Waals surface area (Å²) < 4.78 is 5.88. The number of ether oxygens (including phenoxy) is 1. The zero-order valence-electron chi connectivity index (χ0n) is 12.4. The fourth-order valence-electron chi connectivity index (χ4n) is 1.76. The van der Waals surface area contributed by atoms with Gasteiger partial charge in [0.1, 0.15) is 12.4 Å². The van der Waals surface area contributed by atoms with Crippen molar-refractivity contribution in [2.75, 3.05) is 13.2 Å². The standard InChI is InChI=1S/C16H27NO/c1-6-16(4,5)17-11-12-18-15-10-8-7-9-14(15)13(2)3/h7-10,13,17H,6,11-12H2,1-5H3. The molecule has 0 saturated heterocycles. The first-order valence-electron chi connectivity index (χ1n) is 6.93. The lowest BCUT2D eigenvalue weighted by Crippen LogP contribution is -2.40. The maximum atomic E-state index is 5.88. The molecule has 0 spiro atoms. The van der Waals surface area contributed by atoms with Crippen molar-refractivity contribution in [2.45, 2.75) is 52.5 Å². The van der Waals surface area contributed by atoms with E-state index in [9.17, 15) is 0 Å². The van der Waals surface area contributed by atoms with Crippen LogP contribution in [0.3, 0.4) is 0 Å². The van der Waals surface area contributed by atoms with E-state index in [-0.39, 0.29) is 5.54 Å². The molecule has 0 saturated carbocycles. The van der Waals surface area contributed by atoms with Gasteiger partial charge in [0, 0.05) is 12.1 Å². The van der Waals surface area contributed by atoms with Crippen LogP contribution in [-0.4, -0.2) is 18.7 Å². The zero-order valence-corrected chi connectivity index (χ0v) is 12.4. The number of benzene rings is 1. The van der Waals surface area contributed by atoms with Crippen molar-refractivity contribution in [2.24, 2.45) is 0 Å². The van der Waals surface area contributed by atoms with Crippen LogP contribution in [0, 0.1) is 0 Å². The summed E-state index contributed by atoms with van der Waals surface area (Å²) in [6.45, 7) is 12.6. The Morgan fingerprint density at radius 1 is 1.22 bits per heavy atom. The predicted molar refractivity (Wildman–Crippen MR) is 78.4 cm³/mol.